The number of carbonyl (C=O) groups is 1. The minimum Gasteiger partial charge on any atom is -0.325 e. The minimum absolute atomic E-state index is 0.106. The Balaban J connectivity index is 2.00. The fourth-order valence-electron chi connectivity index (χ4n) is 3.75. The molecular weight excluding hydrogens is 305 g/mol. The molecule has 1 fully saturated rings. The predicted octanol–water partition coefficient (Wildman–Crippen LogP) is 4.49. The lowest BCUT2D eigenvalue weighted by atomic mass is 9.81. The summed E-state index contributed by atoms with van der Waals surface area (Å²) in [5.41, 5.74) is 2.54. The number of rotatable bonds is 1. The number of carbonyl (C=O) groups excluding carboxylic acids is 1. The summed E-state index contributed by atoms with van der Waals surface area (Å²) in [6.07, 6.45) is 1.92. The Morgan fingerprint density at radius 2 is 1.71 bits per heavy atom. The summed E-state index contributed by atoms with van der Waals surface area (Å²) >= 11 is 12.2. The van der Waals surface area contributed by atoms with Crippen molar-refractivity contribution in [3.05, 3.63) is 69.2 Å². The molecule has 4 rings (SSSR count). The van der Waals surface area contributed by atoms with E-state index in [-0.39, 0.29) is 11.4 Å². The molecule has 2 aromatic rings. The number of benzene rings is 2. The molecule has 0 N–H and O–H groups in total. The monoisotopic (exact) mass is 317 g/mol. The number of fused-ring (bicyclic) bond motifs is 3. The number of nitrogens with zero attached hydrogens (tertiary/aromatic N) is 1. The van der Waals surface area contributed by atoms with Crippen LogP contribution in [0.4, 0.5) is 0 Å². The molecule has 21 heavy (non-hydrogen) atoms. The largest absolute Gasteiger partial charge is 0.325 e. The molecule has 106 valence electrons. The minimum atomic E-state index is -0.373. The molecule has 2 aliphatic rings. The second-order valence-corrected chi connectivity index (χ2v) is 6.49. The van der Waals surface area contributed by atoms with E-state index in [1.165, 1.54) is 0 Å². The quantitative estimate of drug-likeness (QED) is 0.759. The zero-order chi connectivity index (χ0) is 14.6. The zero-order valence-electron chi connectivity index (χ0n) is 11.3. The van der Waals surface area contributed by atoms with Crippen molar-refractivity contribution in [1.29, 1.82) is 0 Å². The maximum absolute atomic E-state index is 12.7. The van der Waals surface area contributed by atoms with E-state index in [2.05, 4.69) is 0 Å². The lowest BCUT2D eigenvalue weighted by Crippen LogP contribution is -2.39. The van der Waals surface area contributed by atoms with Crippen molar-refractivity contribution in [2.75, 3.05) is 6.54 Å². The number of hydrogen-bond acceptors (Lipinski definition) is 1. The van der Waals surface area contributed by atoms with Crippen molar-refractivity contribution in [1.82, 2.24) is 4.90 Å². The molecule has 4 heteroatoms. The molecule has 2 aromatic carbocycles. The smallest absolute Gasteiger partial charge is 0.255 e. The first-order chi connectivity index (χ1) is 10.1. The van der Waals surface area contributed by atoms with E-state index < -0.39 is 0 Å². The summed E-state index contributed by atoms with van der Waals surface area (Å²) < 4.78 is 0. The van der Waals surface area contributed by atoms with Gasteiger partial charge in [0.1, 0.15) is 0 Å². The summed E-state index contributed by atoms with van der Waals surface area (Å²) in [6, 6.07) is 13.4. The molecule has 0 saturated carbocycles. The van der Waals surface area contributed by atoms with Gasteiger partial charge in [0.2, 0.25) is 0 Å². The van der Waals surface area contributed by atoms with E-state index in [1.807, 2.05) is 41.3 Å². The van der Waals surface area contributed by atoms with Crippen LogP contribution in [0.25, 0.3) is 0 Å². The first-order valence-electron chi connectivity index (χ1n) is 7.01. The molecule has 2 heterocycles. The number of amides is 1. The van der Waals surface area contributed by atoms with Crippen LogP contribution in [0.15, 0.2) is 42.5 Å². The normalized spacial score (nSPS) is 23.3. The van der Waals surface area contributed by atoms with Crippen LogP contribution in [0.2, 0.25) is 10.0 Å². The fourth-order valence-corrected chi connectivity index (χ4v) is 4.04. The standard InChI is InChI=1S/C17H13Cl2NO/c18-12-4-2-11(3-5-12)17-8-1-9-20(17)16(21)14-7-6-13(19)10-15(14)17/h2-7,10H,1,8-9H2. The number of halogens is 2. The molecule has 1 unspecified atom stereocenters. The number of hydrogen-bond donors (Lipinski definition) is 0. The van der Waals surface area contributed by atoms with Gasteiger partial charge >= 0.3 is 0 Å². The molecule has 1 saturated heterocycles. The van der Waals surface area contributed by atoms with E-state index in [1.54, 1.807) is 6.07 Å². The molecule has 0 bridgehead atoms. The first kappa shape index (κ1) is 13.2. The van der Waals surface area contributed by atoms with Gasteiger partial charge in [0.05, 0.1) is 5.54 Å². The Labute approximate surface area is 133 Å². The third-order valence-corrected chi connectivity index (χ3v) is 5.09. The molecule has 0 radical (unpaired) electrons. The third-order valence-electron chi connectivity index (χ3n) is 4.61. The van der Waals surface area contributed by atoms with E-state index >= 15 is 0 Å². The van der Waals surface area contributed by atoms with Gasteiger partial charge in [0.25, 0.3) is 5.91 Å². The van der Waals surface area contributed by atoms with E-state index in [0.717, 1.165) is 36.1 Å². The van der Waals surface area contributed by atoms with E-state index in [0.29, 0.717) is 10.0 Å². The molecule has 0 aromatic heterocycles. The summed E-state index contributed by atoms with van der Waals surface area (Å²) in [6.45, 7) is 0.785. The second kappa shape index (κ2) is 4.49. The van der Waals surface area contributed by atoms with Crippen molar-refractivity contribution in [2.24, 2.45) is 0 Å². The molecule has 1 atom stereocenters. The Hall–Kier alpha value is -1.51. The molecule has 0 aliphatic carbocycles. The molecule has 1 amide bonds. The molecule has 2 aliphatic heterocycles. The Morgan fingerprint density at radius 3 is 2.48 bits per heavy atom. The average Bonchev–Trinajstić information content (AvgIpc) is 3.00. The van der Waals surface area contributed by atoms with Crippen LogP contribution in [0.3, 0.4) is 0 Å². The van der Waals surface area contributed by atoms with Gasteiger partial charge < -0.3 is 4.90 Å². The highest BCUT2D eigenvalue weighted by atomic mass is 35.5. The van der Waals surface area contributed by atoms with Crippen LogP contribution < -0.4 is 0 Å². The lowest BCUT2D eigenvalue weighted by Gasteiger charge is -2.33. The summed E-state index contributed by atoms with van der Waals surface area (Å²) in [7, 11) is 0. The zero-order valence-corrected chi connectivity index (χ0v) is 12.8. The van der Waals surface area contributed by atoms with Gasteiger partial charge in [-0.1, -0.05) is 35.3 Å². The fraction of sp³-hybridized carbons (Fsp3) is 0.235. The van der Waals surface area contributed by atoms with Crippen molar-refractivity contribution in [3.8, 4) is 0 Å². The van der Waals surface area contributed by atoms with Crippen LogP contribution in [0.1, 0.15) is 34.3 Å². The van der Waals surface area contributed by atoms with Gasteiger partial charge in [-0.2, -0.15) is 0 Å². The van der Waals surface area contributed by atoms with Crippen molar-refractivity contribution >= 4 is 29.1 Å². The van der Waals surface area contributed by atoms with Crippen molar-refractivity contribution in [2.45, 2.75) is 18.4 Å². The van der Waals surface area contributed by atoms with E-state index in [9.17, 15) is 4.79 Å². The van der Waals surface area contributed by atoms with Crippen molar-refractivity contribution in [3.63, 3.8) is 0 Å². The average molecular weight is 318 g/mol. The third kappa shape index (κ3) is 1.69. The van der Waals surface area contributed by atoms with Crippen LogP contribution in [-0.2, 0) is 5.54 Å². The maximum Gasteiger partial charge on any atom is 0.255 e. The molecule has 0 spiro atoms. The van der Waals surface area contributed by atoms with Gasteiger partial charge in [-0.3, -0.25) is 4.79 Å². The first-order valence-corrected chi connectivity index (χ1v) is 7.76. The molecular formula is C17H13Cl2NO. The van der Waals surface area contributed by atoms with Crippen LogP contribution >= 0.6 is 23.2 Å². The van der Waals surface area contributed by atoms with Crippen LogP contribution in [0, 0.1) is 0 Å². The highest BCUT2D eigenvalue weighted by Crippen LogP contribution is 2.51. The summed E-state index contributed by atoms with van der Waals surface area (Å²) in [5.74, 6) is 0.106. The van der Waals surface area contributed by atoms with Crippen molar-refractivity contribution < 1.29 is 4.79 Å². The Bertz CT molecular complexity index is 741. The Kier molecular flexibility index (Phi) is 2.82. The topological polar surface area (TPSA) is 20.3 Å². The van der Waals surface area contributed by atoms with Gasteiger partial charge in [-0.25, -0.2) is 0 Å². The summed E-state index contributed by atoms with van der Waals surface area (Å²) in [4.78, 5) is 14.7. The Morgan fingerprint density at radius 1 is 1.00 bits per heavy atom. The summed E-state index contributed by atoms with van der Waals surface area (Å²) in [5, 5.41) is 1.37. The van der Waals surface area contributed by atoms with Gasteiger partial charge in [-0.05, 0) is 54.3 Å². The SMILES string of the molecule is O=C1c2ccc(Cl)cc2C2(c3ccc(Cl)cc3)CCCN12. The second-order valence-electron chi connectivity index (χ2n) is 5.62. The van der Waals surface area contributed by atoms with Gasteiger partial charge in [0, 0.05) is 22.2 Å². The van der Waals surface area contributed by atoms with Gasteiger partial charge in [-0.15, -0.1) is 0 Å². The lowest BCUT2D eigenvalue weighted by molar-refractivity contribution is 0.0711. The maximum atomic E-state index is 12.7. The van der Waals surface area contributed by atoms with Gasteiger partial charge in [0.15, 0.2) is 0 Å². The highest BCUT2D eigenvalue weighted by Gasteiger charge is 2.53. The molecule has 2 nitrogen and oxygen atoms in total. The van der Waals surface area contributed by atoms with Crippen LogP contribution in [0.5, 0.6) is 0 Å². The van der Waals surface area contributed by atoms with E-state index in [4.69, 9.17) is 23.2 Å². The predicted molar refractivity (Wildman–Crippen MR) is 84.0 cm³/mol. The highest BCUT2D eigenvalue weighted by molar-refractivity contribution is 6.31. The van der Waals surface area contributed by atoms with Crippen LogP contribution in [-0.4, -0.2) is 17.4 Å².